The molecule has 0 aliphatic rings. The molecule has 3 aromatic rings. The molecule has 0 radical (unpaired) electrons. The van der Waals surface area contributed by atoms with Crippen molar-refractivity contribution in [1.82, 2.24) is 0 Å². The summed E-state index contributed by atoms with van der Waals surface area (Å²) in [6.07, 6.45) is -9.83. The lowest BCUT2D eigenvalue weighted by Crippen LogP contribution is -2.15. The summed E-state index contributed by atoms with van der Waals surface area (Å²) in [5.74, 6) is 0. The number of rotatable bonds is 3. The van der Waals surface area contributed by atoms with Crippen molar-refractivity contribution in [2.75, 3.05) is 4.90 Å². The Morgan fingerprint density at radius 2 is 0.862 bits per heavy atom. The molecular weight excluding hydrogens is 392 g/mol. The van der Waals surface area contributed by atoms with Gasteiger partial charge in [0.15, 0.2) is 0 Å². The molecule has 0 fully saturated rings. The highest BCUT2D eigenvalue weighted by atomic mass is 19.4. The summed E-state index contributed by atoms with van der Waals surface area (Å²) in [5, 5.41) is 0. The number of aryl methyl sites for hydroxylation is 2. The van der Waals surface area contributed by atoms with Crippen LogP contribution < -0.4 is 4.90 Å². The highest BCUT2D eigenvalue weighted by Gasteiger charge is 2.37. The fraction of sp³-hybridized carbons (Fsp3) is 0.182. The molecule has 3 aromatic carbocycles. The number of anilines is 3. The maximum Gasteiger partial charge on any atom is 0.416 e. The van der Waals surface area contributed by atoms with Gasteiger partial charge in [-0.3, -0.25) is 0 Å². The first-order valence-electron chi connectivity index (χ1n) is 8.68. The Hall–Kier alpha value is -2.96. The van der Waals surface area contributed by atoms with E-state index >= 15 is 0 Å². The second-order valence-electron chi connectivity index (χ2n) is 6.77. The summed E-state index contributed by atoms with van der Waals surface area (Å²) in [6.45, 7) is 3.68. The van der Waals surface area contributed by atoms with Crippen molar-refractivity contribution in [3.8, 4) is 0 Å². The second-order valence-corrected chi connectivity index (χ2v) is 6.77. The molecule has 0 spiro atoms. The van der Waals surface area contributed by atoms with E-state index in [-0.39, 0.29) is 11.8 Å². The fourth-order valence-electron chi connectivity index (χ4n) is 2.90. The van der Waals surface area contributed by atoms with Crippen molar-refractivity contribution in [2.24, 2.45) is 0 Å². The standard InChI is InChI=1S/C22H17F6N/c1-14-3-7-18(8-4-14)29(19-9-5-15(2)6-10-19)20-12-16(21(23,24)25)11-17(13-20)22(26,27)28/h3-13H,1-2H3. The van der Waals surface area contributed by atoms with Crippen molar-refractivity contribution in [2.45, 2.75) is 26.2 Å². The van der Waals surface area contributed by atoms with Gasteiger partial charge in [0.2, 0.25) is 0 Å². The lowest BCUT2D eigenvalue weighted by molar-refractivity contribution is -0.143. The van der Waals surface area contributed by atoms with E-state index in [1.54, 1.807) is 48.5 Å². The SMILES string of the molecule is Cc1ccc(N(c2ccc(C)cc2)c2cc(C(F)(F)F)cc(C(F)(F)F)c2)cc1. The molecule has 3 rings (SSSR count). The predicted molar refractivity (Wildman–Crippen MR) is 101 cm³/mol. The number of hydrogen-bond acceptors (Lipinski definition) is 1. The number of hydrogen-bond donors (Lipinski definition) is 0. The molecule has 0 atom stereocenters. The molecule has 0 unspecified atom stereocenters. The van der Waals surface area contributed by atoms with Crippen LogP contribution in [0.3, 0.4) is 0 Å². The monoisotopic (exact) mass is 409 g/mol. The van der Waals surface area contributed by atoms with Gasteiger partial charge in [0.05, 0.1) is 11.1 Å². The summed E-state index contributed by atoms with van der Waals surface area (Å²) in [4.78, 5) is 1.38. The molecule has 7 heteroatoms. The van der Waals surface area contributed by atoms with Crippen LogP contribution in [-0.4, -0.2) is 0 Å². The molecule has 0 bridgehead atoms. The van der Waals surface area contributed by atoms with Gasteiger partial charge in [-0.15, -0.1) is 0 Å². The largest absolute Gasteiger partial charge is 0.416 e. The molecule has 1 nitrogen and oxygen atoms in total. The van der Waals surface area contributed by atoms with E-state index in [0.29, 0.717) is 11.4 Å². The van der Waals surface area contributed by atoms with Crippen LogP contribution in [0.1, 0.15) is 22.3 Å². The number of nitrogens with zero attached hydrogens (tertiary/aromatic N) is 1. The average molecular weight is 409 g/mol. The average Bonchev–Trinajstić information content (AvgIpc) is 2.63. The third kappa shape index (κ3) is 4.72. The molecule has 152 valence electrons. The lowest BCUT2D eigenvalue weighted by atomic mass is 10.1. The van der Waals surface area contributed by atoms with Crippen molar-refractivity contribution in [1.29, 1.82) is 0 Å². The van der Waals surface area contributed by atoms with Gasteiger partial charge in [0, 0.05) is 17.1 Å². The van der Waals surface area contributed by atoms with Gasteiger partial charge in [-0.25, -0.2) is 0 Å². The highest BCUT2D eigenvalue weighted by Crippen LogP contribution is 2.42. The lowest BCUT2D eigenvalue weighted by Gasteiger charge is -2.27. The van der Waals surface area contributed by atoms with E-state index in [9.17, 15) is 26.3 Å². The Balaban J connectivity index is 2.27. The molecule has 0 heterocycles. The predicted octanol–water partition coefficient (Wildman–Crippen LogP) is 7.81. The van der Waals surface area contributed by atoms with Crippen molar-refractivity contribution in [3.05, 3.63) is 89.0 Å². The second kappa shape index (κ2) is 7.46. The van der Waals surface area contributed by atoms with Crippen molar-refractivity contribution >= 4 is 17.1 Å². The van der Waals surface area contributed by atoms with Crippen LogP contribution in [0.2, 0.25) is 0 Å². The van der Waals surface area contributed by atoms with Gasteiger partial charge >= 0.3 is 12.4 Å². The normalized spacial score (nSPS) is 12.1. The molecule has 0 amide bonds. The summed E-state index contributed by atoms with van der Waals surface area (Å²) < 4.78 is 79.9. The Kier molecular flexibility index (Phi) is 5.34. The zero-order valence-electron chi connectivity index (χ0n) is 15.6. The molecule has 0 saturated carbocycles. The van der Waals surface area contributed by atoms with E-state index < -0.39 is 23.5 Å². The van der Waals surface area contributed by atoms with Gasteiger partial charge in [0.1, 0.15) is 0 Å². The van der Waals surface area contributed by atoms with Gasteiger partial charge < -0.3 is 4.90 Å². The Bertz CT molecular complexity index is 908. The molecule has 0 N–H and O–H groups in total. The maximum atomic E-state index is 13.3. The van der Waals surface area contributed by atoms with Gasteiger partial charge in [-0.05, 0) is 56.3 Å². The van der Waals surface area contributed by atoms with E-state index in [1.807, 2.05) is 13.8 Å². The number of benzene rings is 3. The fourth-order valence-corrected chi connectivity index (χ4v) is 2.90. The van der Waals surface area contributed by atoms with Gasteiger partial charge in [-0.1, -0.05) is 35.4 Å². The molecule has 0 saturated heterocycles. The van der Waals surface area contributed by atoms with Crippen LogP contribution in [0.25, 0.3) is 0 Å². The van der Waals surface area contributed by atoms with Crippen LogP contribution in [0.5, 0.6) is 0 Å². The zero-order valence-corrected chi connectivity index (χ0v) is 15.6. The molecule has 0 aromatic heterocycles. The molecule has 0 aliphatic carbocycles. The van der Waals surface area contributed by atoms with Gasteiger partial charge in [0.25, 0.3) is 0 Å². The van der Waals surface area contributed by atoms with E-state index in [0.717, 1.165) is 23.3 Å². The number of alkyl halides is 6. The maximum absolute atomic E-state index is 13.3. The summed E-state index contributed by atoms with van der Waals surface area (Å²) >= 11 is 0. The quantitative estimate of drug-likeness (QED) is 0.399. The minimum Gasteiger partial charge on any atom is -0.310 e. The minimum atomic E-state index is -4.91. The van der Waals surface area contributed by atoms with Crippen LogP contribution in [0.4, 0.5) is 43.4 Å². The smallest absolute Gasteiger partial charge is 0.310 e. The zero-order chi connectivity index (χ0) is 21.4. The van der Waals surface area contributed by atoms with E-state index in [2.05, 4.69) is 0 Å². The third-order valence-corrected chi connectivity index (χ3v) is 4.41. The Morgan fingerprint density at radius 1 is 0.517 bits per heavy atom. The number of halogens is 6. The first-order valence-corrected chi connectivity index (χ1v) is 8.68. The third-order valence-electron chi connectivity index (χ3n) is 4.41. The van der Waals surface area contributed by atoms with E-state index in [4.69, 9.17) is 0 Å². The van der Waals surface area contributed by atoms with Crippen molar-refractivity contribution in [3.63, 3.8) is 0 Å². The first-order chi connectivity index (χ1) is 13.4. The highest BCUT2D eigenvalue weighted by molar-refractivity contribution is 5.77. The summed E-state index contributed by atoms with van der Waals surface area (Å²) in [5.41, 5.74) is -0.202. The van der Waals surface area contributed by atoms with E-state index in [1.165, 1.54) is 4.90 Å². The van der Waals surface area contributed by atoms with Crippen LogP contribution in [0, 0.1) is 13.8 Å². The Labute approximate surface area is 164 Å². The molecule has 29 heavy (non-hydrogen) atoms. The summed E-state index contributed by atoms with van der Waals surface area (Å²) in [7, 11) is 0. The topological polar surface area (TPSA) is 3.24 Å². The van der Waals surface area contributed by atoms with Crippen molar-refractivity contribution < 1.29 is 26.3 Å². The van der Waals surface area contributed by atoms with Crippen LogP contribution in [0.15, 0.2) is 66.7 Å². The molecule has 0 aliphatic heterocycles. The molecular formula is C22H17F6N. The first kappa shape index (κ1) is 20.8. The summed E-state index contributed by atoms with van der Waals surface area (Å²) in [6, 6.07) is 15.2. The van der Waals surface area contributed by atoms with Crippen LogP contribution >= 0.6 is 0 Å². The van der Waals surface area contributed by atoms with Gasteiger partial charge in [-0.2, -0.15) is 26.3 Å². The minimum absolute atomic E-state index is 0.131. The Morgan fingerprint density at radius 3 is 1.17 bits per heavy atom. The van der Waals surface area contributed by atoms with Crippen LogP contribution in [-0.2, 0) is 12.4 Å².